The zero-order valence-corrected chi connectivity index (χ0v) is 18.4. The number of halogens is 2. The molecule has 1 saturated heterocycles. The van der Waals surface area contributed by atoms with Crippen molar-refractivity contribution >= 4 is 36.4 Å². The first kappa shape index (κ1) is 23.5. The highest BCUT2D eigenvalue weighted by molar-refractivity contribution is 5.93. The maximum atomic E-state index is 12.6. The van der Waals surface area contributed by atoms with Crippen LogP contribution in [0.25, 0.3) is 0 Å². The van der Waals surface area contributed by atoms with Crippen LogP contribution in [0.15, 0.2) is 41.0 Å². The molecule has 29 heavy (non-hydrogen) atoms. The first-order valence-corrected chi connectivity index (χ1v) is 9.84. The third-order valence-electron chi connectivity index (χ3n) is 5.57. The molecule has 0 spiro atoms. The lowest BCUT2D eigenvalue weighted by atomic mass is 10.1. The van der Waals surface area contributed by atoms with E-state index in [-0.39, 0.29) is 30.7 Å². The summed E-state index contributed by atoms with van der Waals surface area (Å²) in [5.41, 5.74) is 3.57. The minimum absolute atomic E-state index is 0. The van der Waals surface area contributed by atoms with Crippen molar-refractivity contribution in [2.75, 3.05) is 44.2 Å². The number of benzene rings is 1. The van der Waals surface area contributed by atoms with Crippen LogP contribution in [0, 0.1) is 0 Å². The Morgan fingerprint density at radius 1 is 1.21 bits per heavy atom. The highest BCUT2D eigenvalue weighted by atomic mass is 35.5. The molecule has 1 unspecified atom stereocenters. The molecule has 2 aliphatic rings. The smallest absolute Gasteiger partial charge is 0.287 e. The topological polar surface area (TPSA) is 60.8 Å². The van der Waals surface area contributed by atoms with Gasteiger partial charge < -0.3 is 20.0 Å². The second-order valence-corrected chi connectivity index (χ2v) is 7.43. The van der Waals surface area contributed by atoms with Gasteiger partial charge in [-0.15, -0.1) is 24.8 Å². The Morgan fingerprint density at radius 2 is 1.97 bits per heavy atom. The van der Waals surface area contributed by atoms with Gasteiger partial charge in [-0.2, -0.15) is 0 Å². The van der Waals surface area contributed by atoms with Crippen molar-refractivity contribution in [3.05, 3.63) is 53.5 Å². The predicted molar refractivity (Wildman–Crippen MR) is 121 cm³/mol. The summed E-state index contributed by atoms with van der Waals surface area (Å²) < 4.78 is 5.54. The van der Waals surface area contributed by atoms with Crippen molar-refractivity contribution in [3.8, 4) is 0 Å². The van der Waals surface area contributed by atoms with Gasteiger partial charge in [0.2, 0.25) is 0 Å². The van der Waals surface area contributed by atoms with Gasteiger partial charge in [0.05, 0.1) is 6.26 Å². The van der Waals surface area contributed by atoms with Gasteiger partial charge >= 0.3 is 0 Å². The van der Waals surface area contributed by atoms with Gasteiger partial charge in [0.15, 0.2) is 5.76 Å². The molecule has 1 atom stereocenters. The van der Waals surface area contributed by atoms with E-state index in [2.05, 4.69) is 51.6 Å². The van der Waals surface area contributed by atoms with E-state index in [1.54, 1.807) is 6.26 Å². The molecule has 1 aromatic heterocycles. The number of nitrogens with zero attached hydrogens (tertiary/aromatic N) is 2. The highest BCUT2D eigenvalue weighted by Gasteiger charge is 2.27. The van der Waals surface area contributed by atoms with Crippen LogP contribution in [-0.4, -0.2) is 56.1 Å². The molecular formula is C21H30Cl2N4O2. The highest BCUT2D eigenvalue weighted by Crippen LogP contribution is 2.33. The van der Waals surface area contributed by atoms with Crippen molar-refractivity contribution in [2.24, 2.45) is 0 Å². The van der Waals surface area contributed by atoms with Gasteiger partial charge in [-0.25, -0.2) is 0 Å². The average molecular weight is 441 g/mol. The van der Waals surface area contributed by atoms with Crippen LogP contribution < -0.4 is 15.5 Å². The third kappa shape index (κ3) is 5.45. The number of hydrogen-bond acceptors (Lipinski definition) is 5. The zero-order valence-electron chi connectivity index (χ0n) is 16.7. The maximum Gasteiger partial charge on any atom is 0.287 e. The van der Waals surface area contributed by atoms with E-state index in [1.807, 2.05) is 6.07 Å². The molecule has 1 fully saturated rings. The minimum Gasteiger partial charge on any atom is -0.459 e. The Labute approximate surface area is 184 Å². The van der Waals surface area contributed by atoms with Crippen LogP contribution >= 0.6 is 24.8 Å². The van der Waals surface area contributed by atoms with Crippen molar-refractivity contribution in [1.82, 2.24) is 15.5 Å². The number of para-hydroxylation sites is 1. The van der Waals surface area contributed by atoms with E-state index >= 15 is 0 Å². The fourth-order valence-corrected chi connectivity index (χ4v) is 4.06. The third-order valence-corrected chi connectivity index (χ3v) is 5.57. The molecule has 0 aliphatic carbocycles. The normalized spacial score (nSPS) is 18.5. The number of furan rings is 1. The first-order chi connectivity index (χ1) is 13.2. The quantitative estimate of drug-likeness (QED) is 0.722. The second kappa shape index (κ2) is 10.9. The molecule has 2 aromatic rings. The van der Waals surface area contributed by atoms with E-state index in [1.165, 1.54) is 11.3 Å². The summed E-state index contributed by atoms with van der Waals surface area (Å²) >= 11 is 0. The molecule has 0 saturated carbocycles. The standard InChI is InChI=1S/C21H28N4O2.2ClH/c1-16-14-17-4-2-3-5-19(17)25(16)15-18-6-13-27-20(18)21(26)23-9-12-24-10-7-22-8-11-24;;/h2-6,13,16,22H,7-12,14-15H2,1H3,(H,23,26);2*1H. The summed E-state index contributed by atoms with van der Waals surface area (Å²) in [6.07, 6.45) is 2.66. The summed E-state index contributed by atoms with van der Waals surface area (Å²) in [7, 11) is 0. The molecule has 4 rings (SSSR count). The van der Waals surface area contributed by atoms with Crippen LogP contribution in [0.2, 0.25) is 0 Å². The first-order valence-electron chi connectivity index (χ1n) is 9.84. The Morgan fingerprint density at radius 3 is 2.76 bits per heavy atom. The fourth-order valence-electron chi connectivity index (χ4n) is 4.06. The largest absolute Gasteiger partial charge is 0.459 e. The molecule has 3 heterocycles. The summed E-state index contributed by atoms with van der Waals surface area (Å²) in [6, 6.07) is 10.8. The molecule has 2 N–H and O–H groups in total. The maximum absolute atomic E-state index is 12.6. The molecule has 160 valence electrons. The van der Waals surface area contributed by atoms with Gasteiger partial charge in [0.1, 0.15) is 0 Å². The molecule has 2 aliphatic heterocycles. The van der Waals surface area contributed by atoms with Gasteiger partial charge in [0, 0.05) is 63.1 Å². The Bertz CT molecular complexity index is 792. The van der Waals surface area contributed by atoms with Crippen molar-refractivity contribution in [3.63, 3.8) is 0 Å². The molecule has 1 amide bonds. The Hall–Kier alpha value is -1.73. The van der Waals surface area contributed by atoms with E-state index < -0.39 is 0 Å². The number of hydrogen-bond donors (Lipinski definition) is 2. The van der Waals surface area contributed by atoms with E-state index in [0.29, 0.717) is 24.9 Å². The summed E-state index contributed by atoms with van der Waals surface area (Å²) in [4.78, 5) is 17.3. The molecular weight excluding hydrogens is 411 g/mol. The SMILES string of the molecule is CC1Cc2ccccc2N1Cc1ccoc1C(=O)NCCN1CCNCC1.Cl.Cl. The van der Waals surface area contributed by atoms with Crippen molar-refractivity contribution < 1.29 is 9.21 Å². The number of fused-ring (bicyclic) bond motifs is 1. The lowest BCUT2D eigenvalue weighted by Crippen LogP contribution is -2.46. The Kier molecular flexibility index (Phi) is 8.83. The summed E-state index contributed by atoms with van der Waals surface area (Å²) in [5, 5.41) is 6.35. The number of rotatable bonds is 6. The van der Waals surface area contributed by atoms with Gasteiger partial charge in [-0.1, -0.05) is 18.2 Å². The van der Waals surface area contributed by atoms with Gasteiger partial charge in [0.25, 0.3) is 5.91 Å². The molecule has 0 radical (unpaired) electrons. The van der Waals surface area contributed by atoms with Gasteiger partial charge in [-0.3, -0.25) is 9.69 Å². The van der Waals surface area contributed by atoms with Crippen LogP contribution in [0.3, 0.4) is 0 Å². The number of nitrogens with one attached hydrogen (secondary N) is 2. The van der Waals surface area contributed by atoms with E-state index in [9.17, 15) is 4.79 Å². The zero-order chi connectivity index (χ0) is 18.6. The molecule has 0 bridgehead atoms. The van der Waals surface area contributed by atoms with Gasteiger partial charge in [-0.05, 0) is 31.0 Å². The predicted octanol–water partition coefficient (Wildman–Crippen LogP) is 2.71. The van der Waals surface area contributed by atoms with Crippen LogP contribution in [0.4, 0.5) is 5.69 Å². The second-order valence-electron chi connectivity index (χ2n) is 7.43. The minimum atomic E-state index is -0.120. The number of anilines is 1. The number of piperazine rings is 1. The summed E-state index contributed by atoms with van der Waals surface area (Å²) in [6.45, 7) is 8.55. The summed E-state index contributed by atoms with van der Waals surface area (Å²) in [5.74, 6) is 0.317. The van der Waals surface area contributed by atoms with Crippen LogP contribution in [0.5, 0.6) is 0 Å². The van der Waals surface area contributed by atoms with Crippen LogP contribution in [-0.2, 0) is 13.0 Å². The Balaban J connectivity index is 0.00000150. The molecule has 1 aromatic carbocycles. The van der Waals surface area contributed by atoms with Crippen LogP contribution in [0.1, 0.15) is 28.6 Å². The van der Waals surface area contributed by atoms with Crippen molar-refractivity contribution in [1.29, 1.82) is 0 Å². The van der Waals surface area contributed by atoms with E-state index in [0.717, 1.165) is 44.7 Å². The fraction of sp³-hybridized carbons (Fsp3) is 0.476. The van der Waals surface area contributed by atoms with E-state index in [4.69, 9.17) is 4.42 Å². The molecule has 6 nitrogen and oxygen atoms in total. The number of carbonyl (C=O) groups is 1. The monoisotopic (exact) mass is 440 g/mol. The average Bonchev–Trinajstić information content (AvgIpc) is 3.28. The molecule has 8 heteroatoms. The number of amides is 1. The van der Waals surface area contributed by atoms with Crippen molar-refractivity contribution in [2.45, 2.75) is 25.9 Å². The lowest BCUT2D eigenvalue weighted by Gasteiger charge is -2.27. The lowest BCUT2D eigenvalue weighted by molar-refractivity contribution is 0.0918. The number of carbonyl (C=O) groups excluding carboxylic acids is 1.